The highest BCUT2D eigenvalue weighted by Gasteiger charge is 2.19. The zero-order chi connectivity index (χ0) is 21.8. The van der Waals surface area contributed by atoms with E-state index in [4.69, 9.17) is 14.2 Å². The molecule has 0 unspecified atom stereocenters. The van der Waals surface area contributed by atoms with Crippen LogP contribution in [0.25, 0.3) is 10.9 Å². The SMILES string of the molecule is CCOC(=O)c1cc(=O)c2cc(N3CCOCC3)c(=O)c(Oc3ccccc3)cc2[nH]1. The Morgan fingerprint density at radius 3 is 2.55 bits per heavy atom. The largest absolute Gasteiger partial charge is 0.461 e. The van der Waals surface area contributed by atoms with Gasteiger partial charge in [0.25, 0.3) is 0 Å². The monoisotopic (exact) mass is 422 g/mol. The van der Waals surface area contributed by atoms with Gasteiger partial charge in [0.15, 0.2) is 11.2 Å². The molecule has 0 radical (unpaired) electrons. The molecule has 0 bridgehead atoms. The third kappa shape index (κ3) is 4.44. The van der Waals surface area contributed by atoms with E-state index in [2.05, 4.69) is 4.98 Å². The van der Waals surface area contributed by atoms with Crippen molar-refractivity contribution in [3.63, 3.8) is 0 Å². The number of fused-ring (bicyclic) bond motifs is 1. The molecule has 1 saturated heterocycles. The number of aromatic amines is 1. The van der Waals surface area contributed by atoms with Crippen LogP contribution in [0, 0.1) is 0 Å². The van der Waals surface area contributed by atoms with E-state index in [1.165, 1.54) is 12.1 Å². The Hall–Kier alpha value is -3.65. The summed E-state index contributed by atoms with van der Waals surface area (Å²) in [4.78, 5) is 43.2. The number of ether oxygens (including phenoxy) is 3. The third-order valence-electron chi connectivity index (χ3n) is 4.93. The fraction of sp³-hybridized carbons (Fsp3) is 0.261. The molecule has 0 aliphatic carbocycles. The molecule has 1 N–H and O–H groups in total. The minimum Gasteiger partial charge on any atom is -0.461 e. The minimum absolute atomic E-state index is 0.0107. The summed E-state index contributed by atoms with van der Waals surface area (Å²) in [6.45, 7) is 3.86. The van der Waals surface area contributed by atoms with Gasteiger partial charge in [0.05, 0.1) is 31.0 Å². The van der Waals surface area contributed by atoms with E-state index in [0.29, 0.717) is 43.3 Å². The Bertz CT molecular complexity index is 1220. The number of carbonyl (C=O) groups excluding carboxylic acids is 1. The number of nitrogens with one attached hydrogen (secondary N) is 1. The first-order valence-electron chi connectivity index (χ1n) is 10.0. The summed E-state index contributed by atoms with van der Waals surface area (Å²) in [5.74, 6) is -0.121. The lowest BCUT2D eigenvalue weighted by Gasteiger charge is -2.27. The lowest BCUT2D eigenvalue weighted by molar-refractivity contribution is 0.0520. The molecular weight excluding hydrogens is 400 g/mol. The van der Waals surface area contributed by atoms with Gasteiger partial charge in [-0.05, 0) is 25.1 Å². The molecule has 0 atom stereocenters. The van der Waals surface area contributed by atoms with Crippen LogP contribution in [0.2, 0.25) is 0 Å². The lowest BCUT2D eigenvalue weighted by atomic mass is 10.2. The number of morpholine rings is 1. The summed E-state index contributed by atoms with van der Waals surface area (Å²) in [5.41, 5.74) is -0.0895. The molecule has 1 aliphatic heterocycles. The van der Waals surface area contributed by atoms with Gasteiger partial charge < -0.3 is 24.1 Å². The van der Waals surface area contributed by atoms with Gasteiger partial charge in [0.2, 0.25) is 5.43 Å². The number of nitrogens with zero attached hydrogens (tertiary/aromatic N) is 1. The maximum Gasteiger partial charge on any atom is 0.354 e. The van der Waals surface area contributed by atoms with Crippen molar-refractivity contribution in [1.29, 1.82) is 0 Å². The number of benzene rings is 1. The van der Waals surface area contributed by atoms with Crippen LogP contribution in [0.3, 0.4) is 0 Å². The predicted molar refractivity (Wildman–Crippen MR) is 116 cm³/mol. The number of aromatic nitrogens is 1. The van der Waals surface area contributed by atoms with Crippen molar-refractivity contribution in [1.82, 2.24) is 4.98 Å². The molecule has 8 heteroatoms. The van der Waals surface area contributed by atoms with Crippen LogP contribution in [-0.2, 0) is 9.47 Å². The van der Waals surface area contributed by atoms with Gasteiger partial charge in [0, 0.05) is 30.6 Å². The van der Waals surface area contributed by atoms with Crippen molar-refractivity contribution in [3.8, 4) is 11.5 Å². The Kier molecular flexibility index (Phi) is 5.99. The summed E-state index contributed by atoms with van der Waals surface area (Å²) in [5, 5.41) is 0.273. The molecule has 2 heterocycles. The van der Waals surface area contributed by atoms with E-state index in [1.807, 2.05) is 11.0 Å². The van der Waals surface area contributed by atoms with Gasteiger partial charge in [-0.25, -0.2) is 4.79 Å². The van der Waals surface area contributed by atoms with Crippen molar-refractivity contribution >= 4 is 22.6 Å². The number of pyridine rings is 1. The van der Waals surface area contributed by atoms with Gasteiger partial charge in [-0.2, -0.15) is 0 Å². The molecule has 0 amide bonds. The summed E-state index contributed by atoms with van der Waals surface area (Å²) in [6.07, 6.45) is 0. The van der Waals surface area contributed by atoms with E-state index >= 15 is 0 Å². The molecule has 160 valence electrons. The van der Waals surface area contributed by atoms with Crippen LogP contribution in [0.15, 0.2) is 58.1 Å². The predicted octanol–water partition coefficient (Wildman–Crippen LogP) is 2.69. The second-order valence-corrected chi connectivity index (χ2v) is 6.98. The first-order valence-corrected chi connectivity index (χ1v) is 10.0. The fourth-order valence-electron chi connectivity index (χ4n) is 3.43. The highest BCUT2D eigenvalue weighted by Crippen LogP contribution is 2.24. The van der Waals surface area contributed by atoms with Gasteiger partial charge in [-0.15, -0.1) is 0 Å². The minimum atomic E-state index is -0.644. The molecule has 0 spiro atoms. The van der Waals surface area contributed by atoms with Gasteiger partial charge in [0.1, 0.15) is 11.4 Å². The van der Waals surface area contributed by atoms with E-state index in [0.717, 1.165) is 0 Å². The number of para-hydroxylation sites is 1. The molecule has 3 aromatic rings. The molecule has 8 nitrogen and oxygen atoms in total. The molecule has 31 heavy (non-hydrogen) atoms. The van der Waals surface area contributed by atoms with Crippen LogP contribution in [0.5, 0.6) is 11.5 Å². The quantitative estimate of drug-likeness (QED) is 0.631. The van der Waals surface area contributed by atoms with Crippen LogP contribution in [-0.4, -0.2) is 43.9 Å². The van der Waals surface area contributed by atoms with Crippen molar-refractivity contribution in [3.05, 3.63) is 74.7 Å². The zero-order valence-electron chi connectivity index (χ0n) is 17.1. The summed E-state index contributed by atoms with van der Waals surface area (Å²) in [6, 6.07) is 13.1. The average Bonchev–Trinajstić information content (AvgIpc) is 2.92. The Balaban J connectivity index is 1.94. The number of carbonyl (C=O) groups is 1. The summed E-state index contributed by atoms with van der Waals surface area (Å²) >= 11 is 0. The standard InChI is InChI=1S/C23H22N2O6/c1-2-30-23(28)18-13-20(26)16-12-19(25-8-10-29-11-9-25)22(27)21(14-17(16)24-18)31-15-6-4-3-5-7-15/h3-7,12-14H,2,8-11H2,1H3,(H,24,26). The zero-order valence-corrected chi connectivity index (χ0v) is 17.1. The van der Waals surface area contributed by atoms with Crippen LogP contribution < -0.4 is 20.5 Å². The molecule has 4 rings (SSSR count). The Morgan fingerprint density at radius 1 is 1.10 bits per heavy atom. The van der Waals surface area contributed by atoms with E-state index in [1.54, 1.807) is 37.3 Å². The van der Waals surface area contributed by atoms with Crippen LogP contribution in [0.1, 0.15) is 17.4 Å². The Labute approximate surface area is 178 Å². The van der Waals surface area contributed by atoms with Gasteiger partial charge >= 0.3 is 5.97 Å². The number of esters is 1. The molecule has 1 fully saturated rings. The molecule has 0 saturated carbocycles. The number of hydrogen-bond donors (Lipinski definition) is 1. The maximum absolute atomic E-state index is 13.4. The second kappa shape index (κ2) is 9.01. The third-order valence-corrected chi connectivity index (χ3v) is 4.93. The van der Waals surface area contributed by atoms with Crippen molar-refractivity contribution < 1.29 is 19.0 Å². The fourth-order valence-corrected chi connectivity index (χ4v) is 3.43. The first kappa shape index (κ1) is 20.6. The molecular formula is C23H22N2O6. The normalized spacial score (nSPS) is 13.8. The highest BCUT2D eigenvalue weighted by atomic mass is 16.5. The van der Waals surface area contributed by atoms with Crippen LogP contribution in [0.4, 0.5) is 5.69 Å². The van der Waals surface area contributed by atoms with Crippen LogP contribution >= 0.6 is 0 Å². The molecule has 1 aliphatic rings. The smallest absolute Gasteiger partial charge is 0.354 e. The molecule has 1 aromatic heterocycles. The second-order valence-electron chi connectivity index (χ2n) is 6.98. The number of H-pyrrole nitrogens is 1. The average molecular weight is 422 g/mol. The van der Waals surface area contributed by atoms with Crippen molar-refractivity contribution in [2.24, 2.45) is 0 Å². The molecule has 2 aromatic carbocycles. The van der Waals surface area contributed by atoms with E-state index in [-0.39, 0.29) is 28.9 Å². The first-order chi connectivity index (χ1) is 15.1. The van der Waals surface area contributed by atoms with Gasteiger partial charge in [-0.1, -0.05) is 18.2 Å². The lowest BCUT2D eigenvalue weighted by Crippen LogP contribution is -2.38. The van der Waals surface area contributed by atoms with Crippen molar-refractivity contribution in [2.45, 2.75) is 6.92 Å². The summed E-state index contributed by atoms with van der Waals surface area (Å²) in [7, 11) is 0. The van der Waals surface area contributed by atoms with E-state index < -0.39 is 11.4 Å². The van der Waals surface area contributed by atoms with E-state index in [9.17, 15) is 14.4 Å². The highest BCUT2D eigenvalue weighted by molar-refractivity contribution is 5.91. The van der Waals surface area contributed by atoms with Crippen molar-refractivity contribution in [2.75, 3.05) is 37.8 Å². The summed E-state index contributed by atoms with van der Waals surface area (Å²) < 4.78 is 16.3. The number of anilines is 1. The maximum atomic E-state index is 13.4. The topological polar surface area (TPSA) is 97.9 Å². The number of hydrogen-bond acceptors (Lipinski definition) is 7. The van der Waals surface area contributed by atoms with Gasteiger partial charge in [-0.3, -0.25) is 9.59 Å². The Morgan fingerprint density at radius 2 is 1.84 bits per heavy atom. The number of rotatable bonds is 5.